The minimum absolute atomic E-state index is 0.00726. The van der Waals surface area contributed by atoms with Gasteiger partial charge in [-0.15, -0.1) is 0 Å². The lowest BCUT2D eigenvalue weighted by atomic mass is 9.83. The summed E-state index contributed by atoms with van der Waals surface area (Å²) < 4.78 is 5.14. The number of nitrogens with two attached hydrogens (primary N) is 2. The van der Waals surface area contributed by atoms with E-state index in [0.717, 1.165) is 25.7 Å². The molecule has 3 rings (SSSR count). The number of amides is 2. The van der Waals surface area contributed by atoms with Gasteiger partial charge in [0.05, 0.1) is 0 Å². The summed E-state index contributed by atoms with van der Waals surface area (Å²) in [4.78, 5) is 30.3. The molecule has 1 saturated carbocycles. The highest BCUT2D eigenvalue weighted by molar-refractivity contribution is 6.16. The number of carbonyl (C=O) groups is 2. The highest BCUT2D eigenvalue weighted by atomic mass is 16.5. The van der Waals surface area contributed by atoms with E-state index in [1.165, 1.54) is 11.1 Å². The number of rotatable bonds is 11. The summed E-state index contributed by atoms with van der Waals surface area (Å²) >= 11 is 0. The Kier molecular flexibility index (Phi) is 8.52. The van der Waals surface area contributed by atoms with Crippen molar-refractivity contribution >= 4 is 25.5 Å². The van der Waals surface area contributed by atoms with Crippen molar-refractivity contribution in [2.75, 3.05) is 13.1 Å². The van der Waals surface area contributed by atoms with Gasteiger partial charge in [-0.1, -0.05) is 37.1 Å². The number of carbonyl (C=O) groups excluding carboxylic acids is 2. The van der Waals surface area contributed by atoms with Crippen LogP contribution in [0.1, 0.15) is 49.7 Å². The topological polar surface area (TPSA) is 152 Å². The van der Waals surface area contributed by atoms with Gasteiger partial charge in [-0.25, -0.2) is 0 Å². The first-order chi connectivity index (χ1) is 15.4. The molecule has 2 aliphatic carbocycles. The first-order valence-corrected chi connectivity index (χ1v) is 11.3. The van der Waals surface area contributed by atoms with Crippen molar-refractivity contribution in [3.8, 4) is 0 Å². The monoisotopic (exact) mass is 442 g/mol. The van der Waals surface area contributed by atoms with E-state index in [-0.39, 0.29) is 17.8 Å². The summed E-state index contributed by atoms with van der Waals surface area (Å²) in [5.74, 6) is -0.257. The van der Waals surface area contributed by atoms with Crippen molar-refractivity contribution in [1.29, 1.82) is 0 Å². The highest BCUT2D eigenvalue weighted by Crippen LogP contribution is 2.39. The fourth-order valence-electron chi connectivity index (χ4n) is 4.75. The van der Waals surface area contributed by atoms with Crippen LogP contribution in [0.4, 0.5) is 0 Å². The number of benzene rings is 1. The van der Waals surface area contributed by atoms with E-state index in [2.05, 4.69) is 27.8 Å². The Hall–Kier alpha value is -2.59. The Labute approximate surface area is 189 Å². The van der Waals surface area contributed by atoms with E-state index in [1.54, 1.807) is 0 Å². The molecule has 10 heteroatoms. The summed E-state index contributed by atoms with van der Waals surface area (Å²) in [5, 5.41) is 14.9. The Morgan fingerprint density at radius 3 is 2.44 bits per heavy atom. The van der Waals surface area contributed by atoms with Gasteiger partial charge in [0.25, 0.3) is 0 Å². The van der Waals surface area contributed by atoms with Crippen LogP contribution in [0.3, 0.4) is 0 Å². The maximum absolute atomic E-state index is 13.2. The standard InChI is InChI=1S/C22H33BN5O4/c24-21(25)26-11-5-8-18(32-23-31)28-20(30)22(9-3-4-10-22)19(29)27-14-15-12-16-6-1-2-7-17(16)13-15/h1-2,6-7,15,18,31H,3-5,8-14H2,(H,27,29)(H,28,30)(H4,24,25,26)/t18-/m1/s1. The summed E-state index contributed by atoms with van der Waals surface area (Å²) in [6, 6.07) is 8.34. The van der Waals surface area contributed by atoms with Crippen molar-refractivity contribution in [3.05, 3.63) is 35.4 Å². The number of nitrogens with one attached hydrogen (secondary N) is 2. The molecule has 9 nitrogen and oxygen atoms in total. The number of hydrogen-bond acceptors (Lipinski definition) is 5. The number of hydrogen-bond donors (Lipinski definition) is 5. The predicted molar refractivity (Wildman–Crippen MR) is 122 cm³/mol. The first kappa shape index (κ1) is 24.1. The lowest BCUT2D eigenvalue weighted by molar-refractivity contribution is -0.145. The van der Waals surface area contributed by atoms with Gasteiger partial charge in [-0.05, 0) is 55.6 Å². The smallest absolute Gasteiger partial charge is 0.429 e. The van der Waals surface area contributed by atoms with Crippen LogP contribution < -0.4 is 22.1 Å². The maximum Gasteiger partial charge on any atom is 0.486 e. The molecule has 0 aromatic heterocycles. The zero-order chi connectivity index (χ0) is 23.0. The summed E-state index contributed by atoms with van der Waals surface area (Å²) in [5.41, 5.74) is 12.2. The Morgan fingerprint density at radius 2 is 1.84 bits per heavy atom. The molecule has 0 aliphatic heterocycles. The number of nitrogens with zero attached hydrogens (tertiary/aromatic N) is 1. The van der Waals surface area contributed by atoms with Crippen LogP contribution in [0, 0.1) is 11.3 Å². The van der Waals surface area contributed by atoms with Crippen molar-refractivity contribution in [1.82, 2.24) is 10.6 Å². The third-order valence-electron chi connectivity index (χ3n) is 6.45. The van der Waals surface area contributed by atoms with Crippen LogP contribution in [-0.2, 0) is 27.1 Å². The van der Waals surface area contributed by atoms with Gasteiger partial charge < -0.3 is 31.8 Å². The average Bonchev–Trinajstić information content (AvgIpc) is 3.42. The van der Waals surface area contributed by atoms with Gasteiger partial charge in [0.1, 0.15) is 11.6 Å². The second-order valence-corrected chi connectivity index (χ2v) is 8.69. The molecule has 0 spiro atoms. The lowest BCUT2D eigenvalue weighted by Gasteiger charge is -2.29. The van der Waals surface area contributed by atoms with Crippen molar-refractivity contribution in [2.24, 2.45) is 27.8 Å². The molecule has 2 aliphatic rings. The molecule has 1 aromatic carbocycles. The Bertz CT molecular complexity index is 799. The zero-order valence-corrected chi connectivity index (χ0v) is 18.4. The van der Waals surface area contributed by atoms with Crippen LogP contribution >= 0.6 is 0 Å². The van der Waals surface area contributed by atoms with Crippen molar-refractivity contribution in [2.45, 2.75) is 57.6 Å². The fourth-order valence-corrected chi connectivity index (χ4v) is 4.75. The average molecular weight is 442 g/mol. The molecule has 2 amide bonds. The van der Waals surface area contributed by atoms with Crippen molar-refractivity contribution in [3.63, 3.8) is 0 Å². The van der Waals surface area contributed by atoms with Gasteiger partial charge in [0.2, 0.25) is 11.8 Å². The molecule has 0 unspecified atom stereocenters. The molecular formula is C22H33BN5O4. The van der Waals surface area contributed by atoms with E-state index in [9.17, 15) is 9.59 Å². The second-order valence-electron chi connectivity index (χ2n) is 8.69. The van der Waals surface area contributed by atoms with Crippen LogP contribution in [-0.4, -0.2) is 49.8 Å². The maximum atomic E-state index is 13.2. The van der Waals surface area contributed by atoms with Crippen LogP contribution in [0.25, 0.3) is 0 Å². The molecule has 0 bridgehead atoms. The summed E-state index contributed by atoms with van der Waals surface area (Å²) in [7, 11) is 0.546. The molecule has 1 atom stereocenters. The van der Waals surface area contributed by atoms with E-state index < -0.39 is 11.6 Å². The minimum Gasteiger partial charge on any atom is -0.429 e. The number of aliphatic imine (C=N–C) groups is 1. The van der Waals surface area contributed by atoms with Gasteiger partial charge >= 0.3 is 7.69 Å². The zero-order valence-electron chi connectivity index (χ0n) is 18.4. The van der Waals surface area contributed by atoms with E-state index in [0.29, 0.717) is 52.4 Å². The van der Waals surface area contributed by atoms with Crippen LogP contribution in [0.2, 0.25) is 0 Å². The molecule has 1 radical (unpaired) electrons. The Balaban J connectivity index is 1.56. The summed E-state index contributed by atoms with van der Waals surface area (Å²) in [6.07, 6.45) is 4.67. The quantitative estimate of drug-likeness (QED) is 0.0820. The third-order valence-corrected chi connectivity index (χ3v) is 6.45. The third kappa shape index (κ3) is 6.01. The number of fused-ring (bicyclic) bond motifs is 1. The van der Waals surface area contributed by atoms with Gasteiger partial charge in [-0.2, -0.15) is 0 Å². The minimum atomic E-state index is -1.11. The number of guanidine groups is 1. The summed E-state index contributed by atoms with van der Waals surface area (Å²) in [6.45, 7) is 0.921. The lowest BCUT2D eigenvalue weighted by Crippen LogP contribution is -2.53. The molecule has 0 heterocycles. The van der Waals surface area contributed by atoms with Gasteiger partial charge in [0, 0.05) is 13.1 Å². The molecule has 1 aromatic rings. The molecule has 173 valence electrons. The Morgan fingerprint density at radius 1 is 1.19 bits per heavy atom. The second kappa shape index (κ2) is 11.3. The largest absolute Gasteiger partial charge is 0.486 e. The molecule has 0 saturated heterocycles. The van der Waals surface area contributed by atoms with Gasteiger partial charge in [0.15, 0.2) is 5.96 Å². The fraction of sp³-hybridized carbons (Fsp3) is 0.591. The van der Waals surface area contributed by atoms with E-state index in [4.69, 9.17) is 21.1 Å². The van der Waals surface area contributed by atoms with E-state index in [1.807, 2.05) is 12.1 Å². The first-order valence-electron chi connectivity index (χ1n) is 11.3. The van der Waals surface area contributed by atoms with E-state index >= 15 is 0 Å². The predicted octanol–water partition coefficient (Wildman–Crippen LogP) is 0.117. The molecule has 7 N–H and O–H groups in total. The van der Waals surface area contributed by atoms with Gasteiger partial charge in [-0.3, -0.25) is 14.6 Å². The molecular weight excluding hydrogens is 409 g/mol. The molecule has 32 heavy (non-hydrogen) atoms. The van der Waals surface area contributed by atoms with Crippen LogP contribution in [0.5, 0.6) is 0 Å². The molecule has 1 fully saturated rings. The normalized spacial score (nSPS) is 17.9. The van der Waals surface area contributed by atoms with Crippen LogP contribution in [0.15, 0.2) is 29.3 Å². The highest BCUT2D eigenvalue weighted by Gasteiger charge is 2.48. The SMILES string of the molecule is NC(N)=NCCC[C@H](NC(=O)C1(C(=O)NCC2Cc3ccccc3C2)CCCC1)O[B]O. The van der Waals surface area contributed by atoms with Crippen molar-refractivity contribution < 1.29 is 19.3 Å².